The number of hydrogen-bond donors (Lipinski definition) is 1. The lowest BCUT2D eigenvalue weighted by Crippen LogP contribution is -2.47. The molecule has 7 heteroatoms. The van der Waals surface area contributed by atoms with E-state index in [-0.39, 0.29) is 28.8 Å². The van der Waals surface area contributed by atoms with E-state index in [4.69, 9.17) is 0 Å². The summed E-state index contributed by atoms with van der Waals surface area (Å²) < 4.78 is 41.9. The standard InChI is InChI=1S/C19H22F3N3O/c1-25-15(13-4-2-3-5-14(13)19(20,21)22)23-24-16(25)18-9-6-17(12-26,7-10-18)8-11-18/h2-5,26H,6-12H2,1H3. The van der Waals surface area contributed by atoms with Crippen LogP contribution in [0.4, 0.5) is 13.2 Å². The Bertz CT molecular complexity index is 803. The van der Waals surface area contributed by atoms with Crippen molar-refractivity contribution < 1.29 is 18.3 Å². The molecule has 1 heterocycles. The predicted molar refractivity (Wildman–Crippen MR) is 90.3 cm³/mol. The highest BCUT2D eigenvalue weighted by molar-refractivity contribution is 5.61. The minimum atomic E-state index is -4.43. The lowest BCUT2D eigenvalue weighted by atomic mass is 9.53. The van der Waals surface area contributed by atoms with Gasteiger partial charge in [-0.3, -0.25) is 0 Å². The van der Waals surface area contributed by atoms with Crippen molar-refractivity contribution in [2.24, 2.45) is 12.5 Å². The summed E-state index contributed by atoms with van der Waals surface area (Å²) in [5.41, 5.74) is -0.726. The van der Waals surface area contributed by atoms with E-state index >= 15 is 0 Å². The van der Waals surface area contributed by atoms with E-state index in [1.165, 1.54) is 12.1 Å². The first-order valence-electron chi connectivity index (χ1n) is 8.98. The second-order valence-corrected chi connectivity index (χ2v) is 7.89. The Morgan fingerprint density at radius 2 is 1.65 bits per heavy atom. The molecule has 2 aromatic rings. The highest BCUT2D eigenvalue weighted by atomic mass is 19.4. The molecule has 0 aliphatic heterocycles. The summed E-state index contributed by atoms with van der Waals surface area (Å²) in [5.74, 6) is 1.03. The summed E-state index contributed by atoms with van der Waals surface area (Å²) in [6.45, 7) is 0.214. The van der Waals surface area contributed by atoms with Gasteiger partial charge in [0, 0.05) is 24.6 Å². The Hall–Kier alpha value is -1.89. The molecule has 3 aliphatic carbocycles. The van der Waals surface area contributed by atoms with Crippen LogP contribution >= 0.6 is 0 Å². The summed E-state index contributed by atoms with van der Waals surface area (Å²) in [6.07, 6.45) is 1.08. The van der Waals surface area contributed by atoms with Crippen molar-refractivity contribution in [3.05, 3.63) is 35.7 Å². The molecular formula is C19H22F3N3O. The number of aliphatic hydroxyl groups excluding tert-OH is 1. The van der Waals surface area contributed by atoms with E-state index in [1.807, 2.05) is 0 Å². The highest BCUT2D eigenvalue weighted by Gasteiger charge is 2.51. The molecule has 1 N–H and O–H groups in total. The second-order valence-electron chi connectivity index (χ2n) is 7.89. The Labute approximate surface area is 150 Å². The topological polar surface area (TPSA) is 50.9 Å². The maximum absolute atomic E-state index is 13.4. The third-order valence-corrected chi connectivity index (χ3v) is 6.56. The molecule has 3 aliphatic rings. The molecule has 5 rings (SSSR count). The first kappa shape index (κ1) is 17.5. The van der Waals surface area contributed by atoms with Crippen LogP contribution in [0.5, 0.6) is 0 Å². The van der Waals surface area contributed by atoms with Crippen LogP contribution in [0, 0.1) is 5.41 Å². The number of fused-ring (bicyclic) bond motifs is 3. The molecule has 3 saturated carbocycles. The Balaban J connectivity index is 1.74. The fourth-order valence-electron chi connectivity index (χ4n) is 4.79. The molecule has 0 spiro atoms. The lowest BCUT2D eigenvalue weighted by Gasteiger charge is -2.52. The molecular weight excluding hydrogens is 343 g/mol. The van der Waals surface area contributed by atoms with Gasteiger partial charge in [-0.1, -0.05) is 18.2 Å². The lowest BCUT2D eigenvalue weighted by molar-refractivity contribution is -0.137. The van der Waals surface area contributed by atoms with Crippen molar-refractivity contribution in [1.82, 2.24) is 14.8 Å². The number of aliphatic hydroxyl groups is 1. The molecule has 26 heavy (non-hydrogen) atoms. The average molecular weight is 365 g/mol. The van der Waals surface area contributed by atoms with Crippen LogP contribution in [0.15, 0.2) is 24.3 Å². The van der Waals surface area contributed by atoms with Crippen LogP contribution < -0.4 is 0 Å². The molecule has 1 aromatic heterocycles. The molecule has 1 aromatic carbocycles. The molecule has 0 amide bonds. The van der Waals surface area contributed by atoms with Crippen LogP contribution in [0.2, 0.25) is 0 Å². The van der Waals surface area contributed by atoms with Crippen LogP contribution in [-0.2, 0) is 18.6 Å². The summed E-state index contributed by atoms with van der Waals surface area (Å²) in [6, 6.07) is 5.51. The minimum absolute atomic E-state index is 0.0338. The zero-order valence-electron chi connectivity index (χ0n) is 14.7. The van der Waals surface area contributed by atoms with Gasteiger partial charge in [-0.2, -0.15) is 13.2 Å². The smallest absolute Gasteiger partial charge is 0.396 e. The Morgan fingerprint density at radius 1 is 1.04 bits per heavy atom. The zero-order chi connectivity index (χ0) is 18.6. The van der Waals surface area contributed by atoms with Gasteiger partial charge in [0.1, 0.15) is 5.82 Å². The average Bonchev–Trinajstić information content (AvgIpc) is 3.04. The van der Waals surface area contributed by atoms with E-state index in [0.29, 0.717) is 0 Å². The van der Waals surface area contributed by atoms with E-state index in [1.54, 1.807) is 17.7 Å². The van der Waals surface area contributed by atoms with Crippen LogP contribution in [0.3, 0.4) is 0 Å². The number of benzene rings is 1. The summed E-state index contributed by atoms with van der Waals surface area (Å²) in [7, 11) is 1.76. The number of rotatable bonds is 3. The van der Waals surface area contributed by atoms with Crippen LogP contribution in [-0.4, -0.2) is 26.5 Å². The first-order valence-corrected chi connectivity index (χ1v) is 8.98. The van der Waals surface area contributed by atoms with Gasteiger partial charge in [-0.15, -0.1) is 10.2 Å². The van der Waals surface area contributed by atoms with Gasteiger partial charge in [0.25, 0.3) is 0 Å². The van der Waals surface area contributed by atoms with Gasteiger partial charge in [0.05, 0.1) is 5.56 Å². The Morgan fingerprint density at radius 3 is 2.23 bits per heavy atom. The molecule has 0 unspecified atom stereocenters. The van der Waals surface area contributed by atoms with E-state index < -0.39 is 11.7 Å². The van der Waals surface area contributed by atoms with Gasteiger partial charge < -0.3 is 9.67 Å². The fraction of sp³-hybridized carbons (Fsp3) is 0.579. The van der Waals surface area contributed by atoms with Crippen LogP contribution in [0.25, 0.3) is 11.4 Å². The normalized spacial score (nSPS) is 28.5. The van der Waals surface area contributed by atoms with Crippen molar-refractivity contribution >= 4 is 0 Å². The first-order chi connectivity index (χ1) is 12.3. The molecule has 0 saturated heterocycles. The maximum Gasteiger partial charge on any atom is 0.417 e. The van der Waals surface area contributed by atoms with Gasteiger partial charge in [-0.05, 0) is 50.0 Å². The van der Waals surface area contributed by atoms with Gasteiger partial charge >= 0.3 is 6.18 Å². The Kier molecular flexibility index (Phi) is 3.91. The van der Waals surface area contributed by atoms with Crippen molar-refractivity contribution in [2.45, 2.75) is 50.1 Å². The SMILES string of the molecule is Cn1c(-c2ccccc2C(F)(F)F)nnc1C12CCC(CO)(CC1)CC2. The van der Waals surface area contributed by atoms with Gasteiger partial charge in [0.2, 0.25) is 0 Å². The number of halogens is 3. The number of nitrogens with zero attached hydrogens (tertiary/aromatic N) is 3. The summed E-state index contributed by atoms with van der Waals surface area (Å²) in [5, 5.41) is 18.2. The van der Waals surface area contributed by atoms with E-state index in [2.05, 4.69) is 10.2 Å². The quantitative estimate of drug-likeness (QED) is 0.892. The third kappa shape index (κ3) is 2.55. The third-order valence-electron chi connectivity index (χ3n) is 6.56. The van der Waals surface area contributed by atoms with Crippen molar-refractivity contribution in [3.8, 4) is 11.4 Å². The van der Waals surface area contributed by atoms with Crippen molar-refractivity contribution in [3.63, 3.8) is 0 Å². The number of aromatic nitrogens is 3. The van der Waals surface area contributed by atoms with Crippen molar-refractivity contribution in [1.29, 1.82) is 0 Å². The minimum Gasteiger partial charge on any atom is -0.396 e. The molecule has 140 valence electrons. The molecule has 3 fully saturated rings. The predicted octanol–water partition coefficient (Wildman–Crippen LogP) is 4.09. The summed E-state index contributed by atoms with van der Waals surface area (Å²) in [4.78, 5) is 0. The van der Waals surface area contributed by atoms with E-state index in [0.717, 1.165) is 50.4 Å². The van der Waals surface area contributed by atoms with E-state index in [9.17, 15) is 18.3 Å². The fourth-order valence-corrected chi connectivity index (χ4v) is 4.79. The molecule has 0 atom stereocenters. The van der Waals surface area contributed by atoms with Crippen LogP contribution in [0.1, 0.15) is 49.9 Å². The van der Waals surface area contributed by atoms with Gasteiger partial charge in [0.15, 0.2) is 5.82 Å². The largest absolute Gasteiger partial charge is 0.417 e. The maximum atomic E-state index is 13.4. The highest BCUT2D eigenvalue weighted by Crippen LogP contribution is 2.57. The molecule has 4 nitrogen and oxygen atoms in total. The summed E-state index contributed by atoms with van der Waals surface area (Å²) >= 11 is 0. The zero-order valence-corrected chi connectivity index (χ0v) is 14.7. The second kappa shape index (κ2) is 5.81. The van der Waals surface area contributed by atoms with Crippen molar-refractivity contribution in [2.75, 3.05) is 6.61 Å². The monoisotopic (exact) mass is 365 g/mol. The number of hydrogen-bond acceptors (Lipinski definition) is 3. The number of alkyl halides is 3. The molecule has 0 radical (unpaired) electrons. The van der Waals surface area contributed by atoms with Gasteiger partial charge in [-0.25, -0.2) is 0 Å². The molecule has 2 bridgehead atoms.